The number of morpholine rings is 1. The van der Waals surface area contributed by atoms with E-state index in [9.17, 15) is 4.79 Å². The second-order valence-electron chi connectivity index (χ2n) is 6.90. The summed E-state index contributed by atoms with van der Waals surface area (Å²) in [5, 5.41) is 6.90. The normalized spacial score (nSPS) is 19.6. The highest BCUT2D eigenvalue weighted by atomic mass is 35.5. The van der Waals surface area contributed by atoms with Gasteiger partial charge in [0, 0.05) is 48.8 Å². The maximum Gasteiger partial charge on any atom is 0.237 e. The number of anilines is 2. The van der Waals surface area contributed by atoms with Gasteiger partial charge in [0.1, 0.15) is 5.92 Å². The molecule has 1 fully saturated rings. The van der Waals surface area contributed by atoms with Crippen LogP contribution in [0.1, 0.15) is 11.5 Å². The number of fused-ring (bicyclic) bond motifs is 1. The Balaban J connectivity index is 1.33. The number of benzene rings is 2. The predicted molar refractivity (Wildman–Crippen MR) is 113 cm³/mol. The largest absolute Gasteiger partial charge is 0.384 e. The molecule has 0 aromatic heterocycles. The fourth-order valence-electron chi connectivity index (χ4n) is 3.41. The van der Waals surface area contributed by atoms with Gasteiger partial charge < -0.3 is 15.4 Å². The third-order valence-corrected chi connectivity index (χ3v) is 5.22. The fraction of sp³-hybridized carbons (Fsp3) is 0.333. The number of hydrogen-bond acceptors (Lipinski definition) is 5. The molecular formula is C21H23ClN4O2. The number of ether oxygens (including phenoxy) is 1. The zero-order chi connectivity index (χ0) is 19.3. The van der Waals surface area contributed by atoms with Crippen LogP contribution in [0.4, 0.5) is 17.1 Å². The van der Waals surface area contributed by atoms with Gasteiger partial charge in [0.15, 0.2) is 0 Å². The Kier molecular flexibility index (Phi) is 5.90. The van der Waals surface area contributed by atoms with E-state index in [0.717, 1.165) is 62.0 Å². The minimum Gasteiger partial charge on any atom is -0.384 e. The number of halogens is 1. The van der Waals surface area contributed by atoms with Crippen molar-refractivity contribution in [1.29, 1.82) is 0 Å². The molecular weight excluding hydrogens is 376 g/mol. The number of nitrogens with zero attached hydrogens (tertiary/aromatic N) is 2. The standard InChI is InChI=1S/C21H23ClN4O2/c22-15-1-6-20-18(13-15)19(21(27)25-20)14-24-17-4-2-16(3-5-17)23-7-8-26-9-11-28-12-10-26/h1-6,13-14,19,23H,7-12H2,(H,25,27). The van der Waals surface area contributed by atoms with Crippen LogP contribution in [0.5, 0.6) is 0 Å². The first-order valence-corrected chi connectivity index (χ1v) is 9.85. The number of carbonyl (C=O) groups excluding carboxylic acids is 1. The van der Waals surface area contributed by atoms with Crippen LogP contribution in [0.15, 0.2) is 47.5 Å². The second kappa shape index (κ2) is 8.73. The Bertz CT molecular complexity index is 863. The average molecular weight is 399 g/mol. The summed E-state index contributed by atoms with van der Waals surface area (Å²) < 4.78 is 5.36. The van der Waals surface area contributed by atoms with Gasteiger partial charge in [-0.2, -0.15) is 0 Å². The molecule has 2 aromatic rings. The van der Waals surface area contributed by atoms with Gasteiger partial charge in [-0.3, -0.25) is 14.7 Å². The van der Waals surface area contributed by atoms with Crippen LogP contribution >= 0.6 is 11.6 Å². The molecule has 6 nitrogen and oxygen atoms in total. The van der Waals surface area contributed by atoms with Crippen molar-refractivity contribution < 1.29 is 9.53 Å². The van der Waals surface area contributed by atoms with Crippen LogP contribution in [0.2, 0.25) is 5.02 Å². The summed E-state index contributed by atoms with van der Waals surface area (Å²) in [6.07, 6.45) is 1.68. The van der Waals surface area contributed by atoms with Crippen molar-refractivity contribution >= 4 is 40.8 Å². The highest BCUT2D eigenvalue weighted by Gasteiger charge is 2.29. The van der Waals surface area contributed by atoms with Gasteiger partial charge >= 0.3 is 0 Å². The Morgan fingerprint density at radius 3 is 2.79 bits per heavy atom. The number of rotatable bonds is 6. The zero-order valence-corrected chi connectivity index (χ0v) is 16.3. The molecule has 0 saturated carbocycles. The Hall–Kier alpha value is -2.41. The molecule has 2 aliphatic rings. The van der Waals surface area contributed by atoms with E-state index in [2.05, 4.69) is 20.5 Å². The van der Waals surface area contributed by atoms with Crippen molar-refractivity contribution in [1.82, 2.24) is 4.90 Å². The average Bonchev–Trinajstić information content (AvgIpc) is 3.02. The lowest BCUT2D eigenvalue weighted by Crippen LogP contribution is -2.38. The molecule has 2 heterocycles. The summed E-state index contributed by atoms with van der Waals surface area (Å²) >= 11 is 6.06. The van der Waals surface area contributed by atoms with Gasteiger partial charge in [-0.15, -0.1) is 0 Å². The quantitative estimate of drug-likeness (QED) is 0.730. The fourth-order valence-corrected chi connectivity index (χ4v) is 3.59. The van der Waals surface area contributed by atoms with Gasteiger partial charge in [0.2, 0.25) is 5.91 Å². The minimum atomic E-state index is -0.417. The van der Waals surface area contributed by atoms with E-state index in [4.69, 9.17) is 16.3 Å². The first-order chi connectivity index (χ1) is 13.7. The molecule has 1 saturated heterocycles. The lowest BCUT2D eigenvalue weighted by molar-refractivity contribution is -0.115. The van der Waals surface area contributed by atoms with Crippen LogP contribution in [-0.4, -0.2) is 56.4 Å². The van der Waals surface area contributed by atoms with Crippen molar-refractivity contribution in [3.05, 3.63) is 53.1 Å². The SMILES string of the molecule is O=C1Nc2ccc(Cl)cc2C1C=Nc1ccc(NCCN2CCOCC2)cc1. The van der Waals surface area contributed by atoms with Crippen LogP contribution in [0, 0.1) is 0 Å². The summed E-state index contributed by atoms with van der Waals surface area (Å²) in [7, 11) is 0. The maximum atomic E-state index is 12.2. The van der Waals surface area contributed by atoms with E-state index in [1.54, 1.807) is 12.3 Å². The van der Waals surface area contributed by atoms with E-state index in [1.165, 1.54) is 0 Å². The van der Waals surface area contributed by atoms with Crippen LogP contribution in [0.25, 0.3) is 0 Å². The Morgan fingerprint density at radius 1 is 1.21 bits per heavy atom. The highest BCUT2D eigenvalue weighted by molar-refractivity contribution is 6.31. The van der Waals surface area contributed by atoms with Crippen LogP contribution in [-0.2, 0) is 9.53 Å². The lowest BCUT2D eigenvalue weighted by Gasteiger charge is -2.26. The van der Waals surface area contributed by atoms with Crippen LogP contribution < -0.4 is 10.6 Å². The molecule has 2 aliphatic heterocycles. The molecule has 0 radical (unpaired) electrons. The van der Waals surface area contributed by atoms with E-state index in [0.29, 0.717) is 5.02 Å². The van der Waals surface area contributed by atoms with Crippen molar-refractivity contribution in [3.63, 3.8) is 0 Å². The summed E-state index contributed by atoms with van der Waals surface area (Å²) in [5.41, 5.74) is 3.53. The molecule has 0 spiro atoms. The van der Waals surface area contributed by atoms with Gasteiger partial charge in [0.25, 0.3) is 0 Å². The minimum absolute atomic E-state index is 0.0811. The van der Waals surface area contributed by atoms with Crippen molar-refractivity contribution in [2.75, 3.05) is 50.0 Å². The molecule has 146 valence electrons. The monoisotopic (exact) mass is 398 g/mol. The molecule has 7 heteroatoms. The Labute approximate surface area is 169 Å². The van der Waals surface area contributed by atoms with E-state index in [1.807, 2.05) is 36.4 Å². The number of hydrogen-bond donors (Lipinski definition) is 2. The Morgan fingerprint density at radius 2 is 2.00 bits per heavy atom. The van der Waals surface area contributed by atoms with Crippen molar-refractivity contribution in [2.45, 2.75) is 5.92 Å². The highest BCUT2D eigenvalue weighted by Crippen LogP contribution is 2.33. The molecule has 28 heavy (non-hydrogen) atoms. The number of amides is 1. The molecule has 1 atom stereocenters. The van der Waals surface area contributed by atoms with Crippen molar-refractivity contribution in [3.8, 4) is 0 Å². The molecule has 2 aromatic carbocycles. The molecule has 1 unspecified atom stereocenters. The lowest BCUT2D eigenvalue weighted by atomic mass is 10.0. The number of carbonyl (C=O) groups is 1. The smallest absolute Gasteiger partial charge is 0.237 e. The predicted octanol–water partition coefficient (Wildman–Crippen LogP) is 3.52. The van der Waals surface area contributed by atoms with E-state index < -0.39 is 5.92 Å². The molecule has 0 bridgehead atoms. The van der Waals surface area contributed by atoms with Gasteiger partial charge in [-0.05, 0) is 48.0 Å². The van der Waals surface area contributed by atoms with Gasteiger partial charge in [-0.1, -0.05) is 11.6 Å². The molecule has 2 N–H and O–H groups in total. The molecule has 1 amide bonds. The first-order valence-electron chi connectivity index (χ1n) is 9.47. The van der Waals surface area contributed by atoms with E-state index in [-0.39, 0.29) is 5.91 Å². The zero-order valence-electron chi connectivity index (χ0n) is 15.5. The first kappa shape index (κ1) is 18.9. The molecule has 0 aliphatic carbocycles. The van der Waals surface area contributed by atoms with E-state index >= 15 is 0 Å². The topological polar surface area (TPSA) is 66.0 Å². The van der Waals surface area contributed by atoms with Crippen molar-refractivity contribution in [2.24, 2.45) is 4.99 Å². The molecule has 4 rings (SSSR count). The third-order valence-electron chi connectivity index (χ3n) is 4.99. The second-order valence-corrected chi connectivity index (χ2v) is 7.34. The summed E-state index contributed by atoms with van der Waals surface area (Å²) in [4.78, 5) is 19.1. The number of aliphatic imine (C=N–C) groups is 1. The summed E-state index contributed by atoms with van der Waals surface area (Å²) in [6.45, 7) is 5.53. The summed E-state index contributed by atoms with van der Waals surface area (Å²) in [6, 6.07) is 13.3. The van der Waals surface area contributed by atoms with Gasteiger partial charge in [0.05, 0.1) is 18.9 Å². The number of nitrogens with one attached hydrogen (secondary N) is 2. The van der Waals surface area contributed by atoms with Crippen LogP contribution in [0.3, 0.4) is 0 Å². The summed E-state index contributed by atoms with van der Waals surface area (Å²) in [5.74, 6) is -0.498. The van der Waals surface area contributed by atoms with Gasteiger partial charge in [-0.25, -0.2) is 0 Å². The third kappa shape index (κ3) is 4.52. The maximum absolute atomic E-state index is 12.2.